The van der Waals surface area contributed by atoms with E-state index >= 15 is 0 Å². The molecule has 1 rings (SSSR count). The molecule has 1 amide bonds. The zero-order chi connectivity index (χ0) is 13.2. The van der Waals surface area contributed by atoms with Gasteiger partial charge in [0.2, 0.25) is 5.91 Å². The molecule has 1 atom stereocenters. The molecule has 0 spiro atoms. The molecular weight excluding hydrogens is 232 g/mol. The van der Waals surface area contributed by atoms with Crippen molar-refractivity contribution in [2.45, 2.75) is 57.1 Å². The number of carbonyl (C=O) groups excluding carboxylic acids is 1. The van der Waals surface area contributed by atoms with Crippen LogP contribution in [0.15, 0.2) is 0 Å². The predicted molar refractivity (Wildman–Crippen MR) is 70.1 cm³/mol. The van der Waals surface area contributed by atoms with Crippen LogP contribution >= 0.6 is 0 Å². The van der Waals surface area contributed by atoms with E-state index in [0.717, 1.165) is 19.4 Å². The van der Waals surface area contributed by atoms with Gasteiger partial charge < -0.3 is 20.9 Å². The summed E-state index contributed by atoms with van der Waals surface area (Å²) in [5, 5.41) is 11.8. The van der Waals surface area contributed by atoms with Crippen LogP contribution in [0, 0.1) is 0 Å². The van der Waals surface area contributed by atoms with Crippen LogP contribution in [-0.2, 0) is 9.53 Å². The molecule has 0 aromatic heterocycles. The maximum absolute atomic E-state index is 10.8. The number of amides is 1. The molecule has 0 unspecified atom stereocenters. The second-order valence-electron chi connectivity index (χ2n) is 4.93. The van der Waals surface area contributed by atoms with Gasteiger partial charge in [0.15, 0.2) is 0 Å². The van der Waals surface area contributed by atoms with Crippen molar-refractivity contribution in [1.82, 2.24) is 5.32 Å². The van der Waals surface area contributed by atoms with Gasteiger partial charge in [-0.1, -0.05) is 19.3 Å². The quantitative estimate of drug-likeness (QED) is 0.527. The summed E-state index contributed by atoms with van der Waals surface area (Å²) in [6.07, 6.45) is 8.70. The van der Waals surface area contributed by atoms with E-state index in [1.165, 1.54) is 32.1 Å². The molecule has 18 heavy (non-hydrogen) atoms. The molecule has 106 valence electrons. The van der Waals surface area contributed by atoms with Crippen molar-refractivity contribution in [3.63, 3.8) is 0 Å². The van der Waals surface area contributed by atoms with Crippen LogP contribution in [0.1, 0.15) is 44.9 Å². The topological polar surface area (TPSA) is 84.6 Å². The Kier molecular flexibility index (Phi) is 7.96. The Labute approximate surface area is 109 Å². The van der Waals surface area contributed by atoms with E-state index in [1.807, 2.05) is 0 Å². The lowest BCUT2D eigenvalue weighted by molar-refractivity contribution is -0.120. The van der Waals surface area contributed by atoms with Gasteiger partial charge in [-0.25, -0.2) is 0 Å². The van der Waals surface area contributed by atoms with Crippen LogP contribution in [-0.4, -0.2) is 42.9 Å². The van der Waals surface area contributed by atoms with Crippen molar-refractivity contribution in [3.05, 3.63) is 0 Å². The molecule has 1 aliphatic rings. The number of unbranched alkanes of at least 4 members (excludes halogenated alkanes) is 1. The number of nitrogens with one attached hydrogen (secondary N) is 1. The Morgan fingerprint density at radius 3 is 2.67 bits per heavy atom. The van der Waals surface area contributed by atoms with Crippen molar-refractivity contribution in [1.29, 1.82) is 0 Å². The molecule has 1 saturated carbocycles. The van der Waals surface area contributed by atoms with Crippen LogP contribution < -0.4 is 11.1 Å². The molecular formula is C13H26N2O3. The number of rotatable bonds is 9. The molecule has 0 radical (unpaired) electrons. The third-order valence-electron chi connectivity index (χ3n) is 3.39. The third-order valence-corrected chi connectivity index (χ3v) is 3.39. The van der Waals surface area contributed by atoms with Gasteiger partial charge in [-0.3, -0.25) is 4.79 Å². The Balaban J connectivity index is 1.93. The van der Waals surface area contributed by atoms with Gasteiger partial charge in [-0.2, -0.15) is 0 Å². The van der Waals surface area contributed by atoms with E-state index in [-0.39, 0.29) is 6.61 Å². The van der Waals surface area contributed by atoms with Crippen LogP contribution in [0.5, 0.6) is 0 Å². The first-order chi connectivity index (χ1) is 8.74. The van der Waals surface area contributed by atoms with Gasteiger partial charge in [-0.05, 0) is 32.2 Å². The van der Waals surface area contributed by atoms with E-state index in [2.05, 4.69) is 5.32 Å². The molecule has 0 aliphatic heterocycles. The minimum Gasteiger partial charge on any atom is -0.394 e. The van der Waals surface area contributed by atoms with Crippen molar-refractivity contribution in [2.24, 2.45) is 5.73 Å². The monoisotopic (exact) mass is 258 g/mol. The van der Waals surface area contributed by atoms with E-state index in [9.17, 15) is 4.79 Å². The maximum atomic E-state index is 10.8. The zero-order valence-corrected chi connectivity index (χ0v) is 11.1. The van der Waals surface area contributed by atoms with Gasteiger partial charge in [0.25, 0.3) is 0 Å². The minimum atomic E-state index is -0.621. The number of hydrogen-bond donors (Lipinski definition) is 3. The summed E-state index contributed by atoms with van der Waals surface area (Å²) < 4.78 is 5.79. The van der Waals surface area contributed by atoms with Crippen molar-refractivity contribution >= 4 is 5.91 Å². The summed E-state index contributed by atoms with van der Waals surface area (Å²) >= 11 is 0. The SMILES string of the molecule is NC(=O)[C@H](CO)NCCCCOC1CCCCC1. The fourth-order valence-corrected chi connectivity index (χ4v) is 2.24. The molecule has 0 aromatic carbocycles. The van der Waals surface area contributed by atoms with E-state index in [0.29, 0.717) is 12.6 Å². The molecule has 1 fully saturated rings. The molecule has 0 saturated heterocycles. The highest BCUT2D eigenvalue weighted by Crippen LogP contribution is 2.20. The maximum Gasteiger partial charge on any atom is 0.236 e. The van der Waals surface area contributed by atoms with Gasteiger partial charge in [0, 0.05) is 6.61 Å². The average Bonchev–Trinajstić information content (AvgIpc) is 2.38. The van der Waals surface area contributed by atoms with Gasteiger partial charge in [0.1, 0.15) is 6.04 Å². The van der Waals surface area contributed by atoms with Crippen LogP contribution in [0.3, 0.4) is 0 Å². The Morgan fingerprint density at radius 2 is 2.06 bits per heavy atom. The largest absolute Gasteiger partial charge is 0.394 e. The first-order valence-corrected chi connectivity index (χ1v) is 6.99. The lowest BCUT2D eigenvalue weighted by atomic mass is 9.98. The summed E-state index contributed by atoms with van der Waals surface area (Å²) in [5.41, 5.74) is 5.10. The summed E-state index contributed by atoms with van der Waals surface area (Å²) in [5.74, 6) is -0.504. The van der Waals surface area contributed by atoms with Crippen LogP contribution in [0.2, 0.25) is 0 Å². The van der Waals surface area contributed by atoms with E-state index < -0.39 is 11.9 Å². The zero-order valence-electron chi connectivity index (χ0n) is 11.1. The summed E-state index contributed by atoms with van der Waals surface area (Å²) in [4.78, 5) is 10.8. The Bertz CT molecular complexity index is 230. The highest BCUT2D eigenvalue weighted by Gasteiger charge is 2.14. The number of aliphatic hydroxyl groups excluding tert-OH is 1. The second-order valence-corrected chi connectivity index (χ2v) is 4.93. The van der Waals surface area contributed by atoms with Crippen molar-refractivity contribution < 1.29 is 14.6 Å². The van der Waals surface area contributed by atoms with Gasteiger partial charge >= 0.3 is 0 Å². The first-order valence-electron chi connectivity index (χ1n) is 6.99. The highest BCUT2D eigenvalue weighted by atomic mass is 16.5. The number of nitrogens with two attached hydrogens (primary N) is 1. The minimum absolute atomic E-state index is 0.242. The highest BCUT2D eigenvalue weighted by molar-refractivity contribution is 5.79. The van der Waals surface area contributed by atoms with E-state index in [1.54, 1.807) is 0 Å². The van der Waals surface area contributed by atoms with Crippen molar-refractivity contribution in [3.8, 4) is 0 Å². The number of hydrogen-bond acceptors (Lipinski definition) is 4. The second kappa shape index (κ2) is 9.30. The lowest BCUT2D eigenvalue weighted by Gasteiger charge is -2.22. The Hall–Kier alpha value is -0.650. The lowest BCUT2D eigenvalue weighted by Crippen LogP contribution is -2.44. The smallest absolute Gasteiger partial charge is 0.236 e. The predicted octanol–water partition coefficient (Wildman–Crippen LogP) is 0.552. The summed E-state index contributed by atoms with van der Waals surface area (Å²) in [7, 11) is 0. The first kappa shape index (κ1) is 15.4. The van der Waals surface area contributed by atoms with Gasteiger partial charge in [0.05, 0.1) is 12.7 Å². The number of ether oxygens (including phenoxy) is 1. The summed E-state index contributed by atoms with van der Waals surface area (Å²) in [6, 6.07) is -0.621. The normalized spacial score (nSPS) is 18.7. The van der Waals surface area contributed by atoms with Crippen molar-refractivity contribution in [2.75, 3.05) is 19.8 Å². The number of primary amides is 1. The standard InChI is InChI=1S/C13H26N2O3/c14-13(17)12(10-16)15-8-4-5-9-18-11-6-2-1-3-7-11/h11-12,15-16H,1-10H2,(H2,14,17)/t12-/m0/s1. The number of aliphatic hydroxyl groups is 1. The van der Waals surface area contributed by atoms with Crippen LogP contribution in [0.4, 0.5) is 0 Å². The van der Waals surface area contributed by atoms with Gasteiger partial charge in [-0.15, -0.1) is 0 Å². The average molecular weight is 258 g/mol. The summed E-state index contributed by atoms with van der Waals surface area (Å²) in [6.45, 7) is 1.23. The Morgan fingerprint density at radius 1 is 1.33 bits per heavy atom. The van der Waals surface area contributed by atoms with Crippen LogP contribution in [0.25, 0.3) is 0 Å². The molecule has 1 aliphatic carbocycles. The molecule has 5 heteroatoms. The fourth-order valence-electron chi connectivity index (χ4n) is 2.24. The molecule has 4 N–H and O–H groups in total. The van der Waals surface area contributed by atoms with E-state index in [4.69, 9.17) is 15.6 Å². The fraction of sp³-hybridized carbons (Fsp3) is 0.923. The molecule has 0 heterocycles. The molecule has 0 bridgehead atoms. The number of carbonyl (C=O) groups is 1. The third kappa shape index (κ3) is 6.33. The molecule has 0 aromatic rings. The molecule has 5 nitrogen and oxygen atoms in total.